The first kappa shape index (κ1) is 16.7. The molecule has 0 N–H and O–H groups in total. The molecule has 0 bridgehead atoms. The van der Waals surface area contributed by atoms with Crippen LogP contribution in [0.4, 0.5) is 0 Å². The summed E-state index contributed by atoms with van der Waals surface area (Å²) < 4.78 is 2.04. The third-order valence-corrected chi connectivity index (χ3v) is 5.77. The maximum Gasteiger partial charge on any atom is 0.138 e. The number of hydrogen-bond acceptors (Lipinski definition) is 2. The molecule has 21 heavy (non-hydrogen) atoms. The van der Waals surface area contributed by atoms with Gasteiger partial charge in [-0.2, -0.15) is 5.10 Å². The Morgan fingerprint density at radius 3 is 2.38 bits per heavy atom. The van der Waals surface area contributed by atoms with Gasteiger partial charge in [0.1, 0.15) is 12.2 Å². The van der Waals surface area contributed by atoms with Gasteiger partial charge in [0, 0.05) is 29.0 Å². The molecule has 0 radical (unpaired) electrons. The minimum Gasteiger partial charge on any atom is -0.250 e. The van der Waals surface area contributed by atoms with Crippen molar-refractivity contribution >= 4 is 31.9 Å². The summed E-state index contributed by atoms with van der Waals surface area (Å²) in [6, 6.07) is 10.6. The third-order valence-electron chi connectivity index (χ3n) is 3.63. The summed E-state index contributed by atoms with van der Waals surface area (Å²) in [4.78, 5) is 4.49. The molecule has 0 spiro atoms. The van der Waals surface area contributed by atoms with Crippen LogP contribution >= 0.6 is 31.9 Å². The number of halogens is 2. The van der Waals surface area contributed by atoms with Gasteiger partial charge in [0.15, 0.2) is 0 Å². The van der Waals surface area contributed by atoms with E-state index >= 15 is 0 Å². The van der Waals surface area contributed by atoms with Crippen LogP contribution in [0.1, 0.15) is 25.2 Å². The number of benzene rings is 1. The van der Waals surface area contributed by atoms with Crippen LogP contribution in [0.25, 0.3) is 0 Å². The van der Waals surface area contributed by atoms with Crippen molar-refractivity contribution in [2.24, 2.45) is 5.92 Å². The van der Waals surface area contributed by atoms with Crippen LogP contribution in [0.3, 0.4) is 0 Å². The Morgan fingerprint density at radius 1 is 1.14 bits per heavy atom. The van der Waals surface area contributed by atoms with Gasteiger partial charge in [-0.1, -0.05) is 76.0 Å². The second-order valence-corrected chi connectivity index (χ2v) is 6.96. The highest BCUT2D eigenvalue weighted by atomic mass is 79.9. The van der Waals surface area contributed by atoms with Gasteiger partial charge in [0.25, 0.3) is 0 Å². The first-order valence-electron chi connectivity index (χ1n) is 7.15. The topological polar surface area (TPSA) is 30.7 Å². The molecule has 1 aromatic carbocycles. The lowest BCUT2D eigenvalue weighted by molar-refractivity contribution is 0.440. The van der Waals surface area contributed by atoms with E-state index in [0.29, 0.717) is 5.92 Å². The van der Waals surface area contributed by atoms with E-state index in [2.05, 4.69) is 86.1 Å². The summed E-state index contributed by atoms with van der Waals surface area (Å²) in [6.45, 7) is 5.31. The van der Waals surface area contributed by atoms with Gasteiger partial charge in [-0.3, -0.25) is 0 Å². The van der Waals surface area contributed by atoms with Crippen LogP contribution < -0.4 is 0 Å². The zero-order valence-electron chi connectivity index (χ0n) is 12.5. The average Bonchev–Trinajstić information content (AvgIpc) is 2.92. The molecule has 1 heterocycles. The van der Waals surface area contributed by atoms with Crippen LogP contribution in [-0.2, 0) is 18.4 Å². The predicted molar refractivity (Wildman–Crippen MR) is 94.3 cm³/mol. The van der Waals surface area contributed by atoms with E-state index in [4.69, 9.17) is 0 Å². The smallest absolute Gasteiger partial charge is 0.138 e. The van der Waals surface area contributed by atoms with Crippen molar-refractivity contribution in [2.45, 2.75) is 32.2 Å². The Kier molecular flexibility index (Phi) is 5.99. The molecule has 5 heteroatoms. The van der Waals surface area contributed by atoms with Gasteiger partial charge in [-0.05, 0) is 11.5 Å². The molecule has 0 amide bonds. The van der Waals surface area contributed by atoms with E-state index in [1.807, 2.05) is 4.68 Å². The largest absolute Gasteiger partial charge is 0.250 e. The summed E-state index contributed by atoms with van der Waals surface area (Å²) in [5.41, 5.74) is 1.31. The molecule has 114 valence electrons. The molecule has 0 fully saturated rings. The van der Waals surface area contributed by atoms with Crippen molar-refractivity contribution in [2.75, 3.05) is 10.7 Å². The Hall–Kier alpha value is -0.680. The molecule has 0 saturated heterocycles. The lowest BCUT2D eigenvalue weighted by atomic mass is 9.81. The fourth-order valence-electron chi connectivity index (χ4n) is 2.40. The van der Waals surface area contributed by atoms with Crippen LogP contribution in [0.15, 0.2) is 36.7 Å². The SMILES string of the molecule is CC(C)Cn1ncnc1CC(CBr)(CBr)c1ccccc1. The molecule has 0 atom stereocenters. The number of nitrogens with zero attached hydrogens (tertiary/aromatic N) is 3. The lowest BCUT2D eigenvalue weighted by Gasteiger charge is -2.30. The van der Waals surface area contributed by atoms with E-state index in [1.165, 1.54) is 5.56 Å². The van der Waals surface area contributed by atoms with Gasteiger partial charge in [0.2, 0.25) is 0 Å². The molecule has 3 nitrogen and oxygen atoms in total. The quantitative estimate of drug-likeness (QED) is 0.635. The van der Waals surface area contributed by atoms with Crippen molar-refractivity contribution in [3.05, 3.63) is 48.0 Å². The lowest BCUT2D eigenvalue weighted by Crippen LogP contribution is -2.34. The standard InChI is InChI=1S/C16H21Br2N3/c1-13(2)9-21-15(19-12-20-21)8-16(10-17,11-18)14-6-4-3-5-7-14/h3-7,12-13H,8-11H2,1-2H3. The Labute approximate surface area is 143 Å². The Morgan fingerprint density at radius 2 is 1.81 bits per heavy atom. The monoisotopic (exact) mass is 413 g/mol. The summed E-state index contributed by atoms with van der Waals surface area (Å²) in [7, 11) is 0. The van der Waals surface area contributed by atoms with Crippen molar-refractivity contribution in [1.29, 1.82) is 0 Å². The molecular weight excluding hydrogens is 394 g/mol. The van der Waals surface area contributed by atoms with Crippen LogP contribution in [0.2, 0.25) is 0 Å². The first-order chi connectivity index (χ1) is 10.1. The number of alkyl halides is 2. The molecule has 2 rings (SSSR count). The molecule has 0 unspecified atom stereocenters. The number of aromatic nitrogens is 3. The van der Waals surface area contributed by atoms with Crippen LogP contribution in [-0.4, -0.2) is 25.4 Å². The second kappa shape index (κ2) is 7.54. The van der Waals surface area contributed by atoms with Crippen LogP contribution in [0, 0.1) is 5.92 Å². The van der Waals surface area contributed by atoms with Gasteiger partial charge in [-0.15, -0.1) is 0 Å². The molecule has 2 aromatic rings. The highest BCUT2D eigenvalue weighted by Gasteiger charge is 2.32. The van der Waals surface area contributed by atoms with E-state index < -0.39 is 0 Å². The Bertz CT molecular complexity index is 548. The average molecular weight is 415 g/mol. The predicted octanol–water partition coefficient (Wildman–Crippen LogP) is 4.20. The minimum absolute atomic E-state index is 0.0109. The second-order valence-electron chi connectivity index (χ2n) is 5.84. The zero-order valence-corrected chi connectivity index (χ0v) is 15.6. The van der Waals surface area contributed by atoms with E-state index in [9.17, 15) is 0 Å². The molecular formula is C16H21Br2N3. The molecule has 0 aliphatic carbocycles. The highest BCUT2D eigenvalue weighted by Crippen LogP contribution is 2.32. The summed E-state index contributed by atoms with van der Waals surface area (Å²) >= 11 is 7.41. The highest BCUT2D eigenvalue weighted by molar-refractivity contribution is 9.09. The summed E-state index contributed by atoms with van der Waals surface area (Å²) in [5, 5.41) is 6.14. The van der Waals surface area contributed by atoms with E-state index in [0.717, 1.165) is 29.5 Å². The van der Waals surface area contributed by atoms with Crippen molar-refractivity contribution in [3.8, 4) is 0 Å². The van der Waals surface area contributed by atoms with Crippen molar-refractivity contribution in [1.82, 2.24) is 14.8 Å². The van der Waals surface area contributed by atoms with Gasteiger partial charge >= 0.3 is 0 Å². The van der Waals surface area contributed by atoms with Gasteiger partial charge in [0.05, 0.1) is 0 Å². The van der Waals surface area contributed by atoms with Crippen molar-refractivity contribution < 1.29 is 0 Å². The van der Waals surface area contributed by atoms with Gasteiger partial charge in [-0.25, -0.2) is 9.67 Å². The first-order valence-corrected chi connectivity index (χ1v) is 9.40. The third kappa shape index (κ3) is 3.95. The number of hydrogen-bond donors (Lipinski definition) is 0. The fraction of sp³-hybridized carbons (Fsp3) is 0.500. The van der Waals surface area contributed by atoms with Crippen LogP contribution in [0.5, 0.6) is 0 Å². The molecule has 0 aliphatic rings. The maximum atomic E-state index is 4.49. The Balaban J connectivity index is 2.31. The molecule has 0 saturated carbocycles. The normalized spacial score (nSPS) is 12.0. The number of rotatable bonds is 7. The molecule has 1 aromatic heterocycles. The molecule has 0 aliphatic heterocycles. The van der Waals surface area contributed by atoms with E-state index in [1.54, 1.807) is 6.33 Å². The maximum absolute atomic E-state index is 4.49. The van der Waals surface area contributed by atoms with Crippen molar-refractivity contribution in [3.63, 3.8) is 0 Å². The fourth-order valence-corrected chi connectivity index (χ4v) is 4.38. The minimum atomic E-state index is -0.0109. The van der Waals surface area contributed by atoms with E-state index in [-0.39, 0.29) is 5.41 Å². The zero-order chi connectivity index (χ0) is 15.3. The summed E-state index contributed by atoms with van der Waals surface area (Å²) in [5.74, 6) is 1.61. The summed E-state index contributed by atoms with van der Waals surface area (Å²) in [6.07, 6.45) is 2.52. The van der Waals surface area contributed by atoms with Gasteiger partial charge < -0.3 is 0 Å².